The van der Waals surface area contributed by atoms with Crippen LogP contribution in [0.3, 0.4) is 0 Å². The first-order chi connectivity index (χ1) is 13.2. The zero-order valence-electron chi connectivity index (χ0n) is 14.8. The Labute approximate surface area is 160 Å². The second-order valence-corrected chi connectivity index (χ2v) is 6.72. The monoisotopic (exact) mass is 386 g/mol. The number of nitrogens with zero attached hydrogens (tertiary/aromatic N) is 4. The molecule has 0 aliphatic carbocycles. The Morgan fingerprint density at radius 1 is 1.19 bits per heavy atom. The van der Waals surface area contributed by atoms with Crippen LogP contribution in [-0.4, -0.2) is 38.4 Å². The molecule has 0 unspecified atom stereocenters. The fraction of sp³-hybridized carbons (Fsp3) is 0.263. The first-order valence-electron chi connectivity index (χ1n) is 8.61. The first kappa shape index (κ1) is 19.0. The Morgan fingerprint density at radius 3 is 2.74 bits per heavy atom. The number of carbonyl (C=O) groups excluding carboxylic acids is 1. The number of Topliss-reactive ketones (excluding diaryl/α,β-unsaturated/α-hetero) is 1. The molecule has 3 aromatic rings. The Morgan fingerprint density at radius 2 is 1.96 bits per heavy atom. The Balaban J connectivity index is 1.58. The van der Waals surface area contributed by atoms with Crippen molar-refractivity contribution in [2.75, 3.05) is 12.4 Å². The average molecular weight is 386 g/mol. The predicted octanol–water partition coefficient (Wildman–Crippen LogP) is 3.96. The summed E-state index contributed by atoms with van der Waals surface area (Å²) in [5.74, 6) is 1.04. The van der Waals surface area contributed by atoms with Gasteiger partial charge in [0.2, 0.25) is 5.16 Å². The molecular weight excluding hydrogens is 367 g/mol. The van der Waals surface area contributed by atoms with Gasteiger partial charge in [0.25, 0.3) is 0 Å². The van der Waals surface area contributed by atoms with Gasteiger partial charge in [0.1, 0.15) is 17.3 Å². The van der Waals surface area contributed by atoms with Gasteiger partial charge in [-0.05, 0) is 60.2 Å². The molecule has 0 bridgehead atoms. The number of thioether (sulfide) groups is 1. The highest BCUT2D eigenvalue weighted by molar-refractivity contribution is 7.99. The van der Waals surface area contributed by atoms with E-state index in [0.29, 0.717) is 41.7 Å². The van der Waals surface area contributed by atoms with E-state index in [4.69, 9.17) is 4.74 Å². The van der Waals surface area contributed by atoms with E-state index in [0.717, 1.165) is 5.69 Å². The molecular formula is C19H19FN4O2S. The van der Waals surface area contributed by atoms with Crippen molar-refractivity contribution in [2.24, 2.45) is 0 Å². The summed E-state index contributed by atoms with van der Waals surface area (Å²) in [6.07, 6.45) is 1.05. The average Bonchev–Trinajstić information content (AvgIpc) is 3.14. The number of hydrogen-bond donors (Lipinski definition) is 0. The molecule has 0 saturated carbocycles. The van der Waals surface area contributed by atoms with Crippen LogP contribution in [0.5, 0.6) is 5.75 Å². The van der Waals surface area contributed by atoms with Gasteiger partial charge in [-0.2, -0.15) is 4.68 Å². The molecule has 0 aliphatic rings. The van der Waals surface area contributed by atoms with E-state index in [1.807, 2.05) is 31.2 Å². The lowest BCUT2D eigenvalue weighted by molar-refractivity contribution is 0.0982. The second-order valence-electron chi connectivity index (χ2n) is 5.66. The molecule has 0 saturated heterocycles. The second kappa shape index (κ2) is 9.27. The number of tetrazole rings is 1. The van der Waals surface area contributed by atoms with Crippen molar-refractivity contribution in [3.05, 3.63) is 59.9 Å². The normalized spacial score (nSPS) is 10.7. The summed E-state index contributed by atoms with van der Waals surface area (Å²) >= 11 is 1.47. The molecule has 27 heavy (non-hydrogen) atoms. The molecule has 0 amide bonds. The van der Waals surface area contributed by atoms with Crippen LogP contribution in [0.2, 0.25) is 0 Å². The molecule has 0 aliphatic heterocycles. The van der Waals surface area contributed by atoms with E-state index in [1.165, 1.54) is 36.0 Å². The highest BCUT2D eigenvalue weighted by Crippen LogP contribution is 2.26. The lowest BCUT2D eigenvalue weighted by atomic mass is 10.1. The summed E-state index contributed by atoms with van der Waals surface area (Å²) < 4.78 is 20.2. The van der Waals surface area contributed by atoms with Gasteiger partial charge in [-0.25, -0.2) is 4.39 Å². The molecule has 0 fully saturated rings. The Hall–Kier alpha value is -2.74. The van der Waals surface area contributed by atoms with Crippen LogP contribution in [-0.2, 0) is 0 Å². The third-order valence-electron chi connectivity index (χ3n) is 3.78. The number of ketones is 1. The van der Waals surface area contributed by atoms with Crippen molar-refractivity contribution in [1.29, 1.82) is 0 Å². The molecule has 8 heteroatoms. The van der Waals surface area contributed by atoms with Gasteiger partial charge >= 0.3 is 0 Å². The van der Waals surface area contributed by atoms with Crippen molar-refractivity contribution in [1.82, 2.24) is 20.2 Å². The number of hydrogen-bond acceptors (Lipinski definition) is 6. The zero-order valence-corrected chi connectivity index (χ0v) is 15.7. The highest BCUT2D eigenvalue weighted by atomic mass is 32.2. The fourth-order valence-corrected chi connectivity index (χ4v) is 3.33. The fourth-order valence-electron chi connectivity index (χ4n) is 2.51. The van der Waals surface area contributed by atoms with Gasteiger partial charge in [-0.15, -0.1) is 5.10 Å². The Bertz CT molecular complexity index is 899. The number of rotatable bonds is 9. The third-order valence-corrected chi connectivity index (χ3v) is 4.79. The van der Waals surface area contributed by atoms with E-state index in [2.05, 4.69) is 15.5 Å². The smallest absolute Gasteiger partial charge is 0.214 e. The summed E-state index contributed by atoms with van der Waals surface area (Å²) in [4.78, 5) is 12.1. The lowest BCUT2D eigenvalue weighted by Gasteiger charge is -2.10. The molecule has 3 rings (SSSR count). The molecule has 1 aromatic heterocycles. The van der Waals surface area contributed by atoms with Gasteiger partial charge in [0.05, 0.1) is 6.61 Å². The molecule has 2 aromatic carbocycles. The van der Waals surface area contributed by atoms with Gasteiger partial charge < -0.3 is 4.74 Å². The highest BCUT2D eigenvalue weighted by Gasteiger charge is 2.13. The van der Waals surface area contributed by atoms with Crippen molar-refractivity contribution in [2.45, 2.75) is 24.9 Å². The maximum absolute atomic E-state index is 12.9. The van der Waals surface area contributed by atoms with Crippen molar-refractivity contribution in [3.8, 4) is 11.4 Å². The van der Waals surface area contributed by atoms with E-state index in [9.17, 15) is 9.18 Å². The lowest BCUT2D eigenvalue weighted by Crippen LogP contribution is -2.04. The number of para-hydroxylation sites is 2. The van der Waals surface area contributed by atoms with E-state index in [1.54, 1.807) is 4.68 Å². The van der Waals surface area contributed by atoms with Crippen LogP contribution < -0.4 is 4.74 Å². The van der Waals surface area contributed by atoms with Crippen LogP contribution in [0.25, 0.3) is 5.69 Å². The van der Waals surface area contributed by atoms with Gasteiger partial charge in [-0.3, -0.25) is 4.79 Å². The van der Waals surface area contributed by atoms with Gasteiger partial charge in [0, 0.05) is 17.7 Å². The van der Waals surface area contributed by atoms with Gasteiger partial charge in [0.15, 0.2) is 5.78 Å². The maximum Gasteiger partial charge on any atom is 0.214 e. The van der Waals surface area contributed by atoms with Crippen molar-refractivity contribution < 1.29 is 13.9 Å². The van der Waals surface area contributed by atoms with Crippen molar-refractivity contribution >= 4 is 17.5 Å². The van der Waals surface area contributed by atoms with E-state index >= 15 is 0 Å². The molecule has 0 atom stereocenters. The summed E-state index contributed by atoms with van der Waals surface area (Å²) in [5.41, 5.74) is 1.30. The van der Waals surface area contributed by atoms with Crippen LogP contribution in [0.1, 0.15) is 30.1 Å². The minimum Gasteiger partial charge on any atom is -0.492 e. The topological polar surface area (TPSA) is 69.9 Å². The summed E-state index contributed by atoms with van der Waals surface area (Å²) in [6.45, 7) is 2.47. The molecule has 6 nitrogen and oxygen atoms in total. The minimum atomic E-state index is -0.346. The first-order valence-corrected chi connectivity index (χ1v) is 9.59. The van der Waals surface area contributed by atoms with Crippen LogP contribution >= 0.6 is 11.8 Å². The SMILES string of the molecule is CCOc1ccccc1-n1nnnc1SCCCC(=O)c1ccc(F)cc1. The number of ether oxygens (including phenoxy) is 1. The molecule has 1 heterocycles. The van der Waals surface area contributed by atoms with Crippen LogP contribution in [0.15, 0.2) is 53.7 Å². The number of halogens is 1. The standard InChI is InChI=1S/C19H19FN4O2S/c1-2-26-18-8-4-3-6-16(18)24-19(21-22-23-24)27-13-5-7-17(25)14-9-11-15(20)12-10-14/h3-4,6,8-12H,2,5,7,13H2,1H3. The number of aromatic nitrogens is 4. The van der Waals surface area contributed by atoms with Crippen molar-refractivity contribution in [3.63, 3.8) is 0 Å². The number of benzene rings is 2. The molecule has 140 valence electrons. The quantitative estimate of drug-likeness (QED) is 0.315. The zero-order chi connectivity index (χ0) is 19.1. The van der Waals surface area contributed by atoms with Crippen LogP contribution in [0.4, 0.5) is 4.39 Å². The number of carbonyl (C=O) groups is 1. The van der Waals surface area contributed by atoms with Gasteiger partial charge in [-0.1, -0.05) is 23.9 Å². The largest absolute Gasteiger partial charge is 0.492 e. The maximum atomic E-state index is 12.9. The van der Waals surface area contributed by atoms with E-state index < -0.39 is 0 Å². The molecule has 0 radical (unpaired) electrons. The molecule has 0 spiro atoms. The summed E-state index contributed by atoms with van der Waals surface area (Å²) in [7, 11) is 0. The Kier molecular flexibility index (Phi) is 6.54. The molecule has 0 N–H and O–H groups in total. The summed E-state index contributed by atoms with van der Waals surface area (Å²) in [6, 6.07) is 13.2. The predicted molar refractivity (Wildman–Crippen MR) is 101 cm³/mol. The van der Waals surface area contributed by atoms with E-state index in [-0.39, 0.29) is 11.6 Å². The summed E-state index contributed by atoms with van der Waals surface area (Å²) in [5, 5.41) is 12.5. The minimum absolute atomic E-state index is 0.00289. The van der Waals surface area contributed by atoms with Crippen LogP contribution in [0, 0.1) is 5.82 Å². The third kappa shape index (κ3) is 4.91.